The molecule has 1 N–H and O–H groups in total. The van der Waals surface area contributed by atoms with Crippen LogP contribution >= 0.6 is 0 Å². The van der Waals surface area contributed by atoms with Gasteiger partial charge in [-0.15, -0.1) is 0 Å². The maximum atomic E-state index is 14.0. The summed E-state index contributed by atoms with van der Waals surface area (Å²) in [5.74, 6) is -2.06. The van der Waals surface area contributed by atoms with E-state index in [-0.39, 0.29) is 36.1 Å². The highest BCUT2D eigenvalue weighted by Gasteiger charge is 2.46. The van der Waals surface area contributed by atoms with Crippen molar-refractivity contribution in [1.82, 2.24) is 4.90 Å². The minimum atomic E-state index is -0.908. The van der Waals surface area contributed by atoms with Crippen LogP contribution in [0.4, 0.5) is 4.39 Å². The maximum Gasteiger partial charge on any atom is 0.295 e. The maximum absolute atomic E-state index is 14.0. The Hall–Kier alpha value is -3.39. The number of aliphatic hydroxyl groups is 1. The number of amides is 1. The van der Waals surface area contributed by atoms with Gasteiger partial charge >= 0.3 is 0 Å². The summed E-state index contributed by atoms with van der Waals surface area (Å²) in [6, 6.07) is 9.63. The number of likely N-dealkylation sites (tertiary alicyclic amines) is 1. The number of methoxy groups -OCH3 is 2. The molecule has 0 aliphatic carbocycles. The van der Waals surface area contributed by atoms with Crippen LogP contribution in [0.5, 0.6) is 11.5 Å². The Morgan fingerprint density at radius 2 is 1.91 bits per heavy atom. The number of hydrogen-bond donors (Lipinski definition) is 1. The molecule has 1 fully saturated rings. The number of benzene rings is 2. The van der Waals surface area contributed by atoms with E-state index in [2.05, 4.69) is 0 Å². The molecule has 8 heteroatoms. The molecule has 1 unspecified atom stereocenters. The number of carbonyl (C=O) groups excluding carboxylic acids is 2. The van der Waals surface area contributed by atoms with Crippen molar-refractivity contribution in [1.29, 1.82) is 0 Å². The van der Waals surface area contributed by atoms with Crippen molar-refractivity contribution in [3.63, 3.8) is 0 Å². The van der Waals surface area contributed by atoms with E-state index < -0.39 is 29.3 Å². The van der Waals surface area contributed by atoms with Gasteiger partial charge in [0.15, 0.2) is 0 Å². The standard InChI is InChI=1S/C24H26FNO6/c1-14(2)32-17-7-5-6-15(12-17)21-20(23(28)24(29)26(21)10-11-30-3)22(27)18-13-16(25)8-9-19(18)31-4/h5-9,12-14,21,27H,10-11H2,1-4H3/b22-20+. The van der Waals surface area contributed by atoms with E-state index in [4.69, 9.17) is 14.2 Å². The number of halogens is 1. The second-order valence-corrected chi connectivity index (χ2v) is 7.57. The van der Waals surface area contributed by atoms with E-state index in [1.165, 1.54) is 31.3 Å². The van der Waals surface area contributed by atoms with Gasteiger partial charge in [0.05, 0.1) is 37.0 Å². The number of rotatable bonds is 8. The fraction of sp³-hybridized carbons (Fsp3) is 0.333. The highest BCUT2D eigenvalue weighted by Crippen LogP contribution is 2.41. The summed E-state index contributed by atoms with van der Waals surface area (Å²) in [6.45, 7) is 4.08. The van der Waals surface area contributed by atoms with Gasteiger partial charge in [0, 0.05) is 13.7 Å². The Balaban J connectivity index is 2.21. The van der Waals surface area contributed by atoms with Crippen LogP contribution in [0, 0.1) is 5.82 Å². The normalized spacial score (nSPS) is 17.8. The monoisotopic (exact) mass is 443 g/mol. The summed E-state index contributed by atoms with van der Waals surface area (Å²) in [6.07, 6.45) is -0.0818. The summed E-state index contributed by atoms with van der Waals surface area (Å²) in [5.41, 5.74) is 0.392. The Morgan fingerprint density at radius 3 is 2.56 bits per heavy atom. The van der Waals surface area contributed by atoms with Crippen molar-refractivity contribution >= 4 is 17.4 Å². The third kappa shape index (κ3) is 4.60. The van der Waals surface area contributed by atoms with Crippen LogP contribution in [0.3, 0.4) is 0 Å². The fourth-order valence-corrected chi connectivity index (χ4v) is 3.69. The molecule has 1 aliphatic heterocycles. The van der Waals surface area contributed by atoms with Crippen molar-refractivity contribution in [3.8, 4) is 11.5 Å². The molecule has 3 rings (SSSR count). The topological polar surface area (TPSA) is 85.3 Å². The average molecular weight is 443 g/mol. The van der Waals surface area contributed by atoms with E-state index in [1.807, 2.05) is 13.8 Å². The number of ether oxygens (including phenoxy) is 3. The molecular formula is C24H26FNO6. The molecule has 0 saturated carbocycles. The van der Waals surface area contributed by atoms with Crippen LogP contribution in [0.1, 0.15) is 31.0 Å². The predicted molar refractivity (Wildman–Crippen MR) is 116 cm³/mol. The van der Waals surface area contributed by atoms with Gasteiger partial charge in [-0.25, -0.2) is 4.39 Å². The largest absolute Gasteiger partial charge is 0.507 e. The van der Waals surface area contributed by atoms with Crippen molar-refractivity contribution in [2.45, 2.75) is 26.0 Å². The van der Waals surface area contributed by atoms with E-state index in [1.54, 1.807) is 24.3 Å². The lowest BCUT2D eigenvalue weighted by Gasteiger charge is -2.25. The smallest absolute Gasteiger partial charge is 0.295 e. The summed E-state index contributed by atoms with van der Waals surface area (Å²) in [5, 5.41) is 11.1. The summed E-state index contributed by atoms with van der Waals surface area (Å²) in [4.78, 5) is 27.2. The molecule has 0 aromatic heterocycles. The van der Waals surface area contributed by atoms with E-state index in [9.17, 15) is 19.1 Å². The highest BCUT2D eigenvalue weighted by molar-refractivity contribution is 6.46. The van der Waals surface area contributed by atoms with Crippen LogP contribution in [0.25, 0.3) is 5.76 Å². The molecule has 2 aromatic carbocycles. The van der Waals surface area contributed by atoms with Crippen molar-refractivity contribution in [3.05, 3.63) is 65.0 Å². The first-order chi connectivity index (χ1) is 15.3. The molecule has 1 atom stereocenters. The zero-order valence-corrected chi connectivity index (χ0v) is 18.4. The van der Waals surface area contributed by atoms with Gasteiger partial charge in [-0.2, -0.15) is 0 Å². The average Bonchev–Trinajstić information content (AvgIpc) is 3.01. The van der Waals surface area contributed by atoms with Crippen molar-refractivity contribution in [2.24, 2.45) is 0 Å². The molecule has 170 valence electrons. The molecule has 1 heterocycles. The number of hydrogen-bond acceptors (Lipinski definition) is 6. The molecule has 32 heavy (non-hydrogen) atoms. The van der Waals surface area contributed by atoms with Crippen LogP contribution < -0.4 is 9.47 Å². The molecule has 7 nitrogen and oxygen atoms in total. The number of ketones is 1. The van der Waals surface area contributed by atoms with E-state index >= 15 is 0 Å². The minimum Gasteiger partial charge on any atom is -0.507 e. The lowest BCUT2D eigenvalue weighted by atomic mass is 9.94. The fourth-order valence-electron chi connectivity index (χ4n) is 3.69. The third-order valence-corrected chi connectivity index (χ3v) is 5.04. The van der Waals surface area contributed by atoms with E-state index in [0.717, 1.165) is 6.07 Å². The molecule has 1 aliphatic rings. The molecule has 0 spiro atoms. The first-order valence-electron chi connectivity index (χ1n) is 10.2. The Kier molecular flexibility index (Phi) is 7.15. The third-order valence-electron chi connectivity index (χ3n) is 5.04. The molecule has 1 saturated heterocycles. The van der Waals surface area contributed by atoms with Crippen LogP contribution in [-0.4, -0.2) is 55.2 Å². The molecular weight excluding hydrogens is 417 g/mol. The highest BCUT2D eigenvalue weighted by atomic mass is 19.1. The second-order valence-electron chi connectivity index (χ2n) is 7.57. The quantitative estimate of drug-likeness (QED) is 0.381. The number of carbonyl (C=O) groups is 2. The van der Waals surface area contributed by atoms with E-state index in [0.29, 0.717) is 11.3 Å². The van der Waals surface area contributed by atoms with Crippen molar-refractivity contribution in [2.75, 3.05) is 27.4 Å². The number of aliphatic hydroxyl groups excluding tert-OH is 1. The van der Waals surface area contributed by atoms with Gasteiger partial charge in [0.25, 0.3) is 11.7 Å². The Labute approximate surface area is 186 Å². The number of Topliss-reactive ketones (excluding diaryl/α,β-unsaturated/α-hetero) is 1. The van der Waals surface area contributed by atoms with Gasteiger partial charge in [0.2, 0.25) is 0 Å². The molecule has 1 amide bonds. The van der Waals surface area contributed by atoms with Gasteiger partial charge in [0.1, 0.15) is 23.1 Å². The molecule has 2 aromatic rings. The lowest BCUT2D eigenvalue weighted by molar-refractivity contribution is -0.140. The summed E-state index contributed by atoms with van der Waals surface area (Å²) < 4.78 is 30.0. The second kappa shape index (κ2) is 9.82. The Bertz CT molecular complexity index is 1050. The van der Waals surface area contributed by atoms with Crippen LogP contribution in [0.15, 0.2) is 48.0 Å². The lowest BCUT2D eigenvalue weighted by Crippen LogP contribution is -2.32. The Morgan fingerprint density at radius 1 is 1.16 bits per heavy atom. The molecule has 0 radical (unpaired) electrons. The summed E-state index contributed by atoms with van der Waals surface area (Å²) in [7, 11) is 2.85. The first-order valence-corrected chi connectivity index (χ1v) is 10.2. The molecule has 0 bridgehead atoms. The van der Waals surface area contributed by atoms with Crippen molar-refractivity contribution < 1.29 is 33.3 Å². The minimum absolute atomic E-state index is 0.0168. The van der Waals surface area contributed by atoms with Gasteiger partial charge < -0.3 is 24.2 Å². The van der Waals surface area contributed by atoms with Gasteiger partial charge in [-0.1, -0.05) is 12.1 Å². The number of nitrogens with zero attached hydrogens (tertiary/aromatic N) is 1. The van der Waals surface area contributed by atoms with Crippen LogP contribution in [-0.2, 0) is 14.3 Å². The summed E-state index contributed by atoms with van der Waals surface area (Å²) >= 11 is 0. The zero-order valence-electron chi connectivity index (χ0n) is 18.4. The van der Waals surface area contributed by atoms with Gasteiger partial charge in [-0.05, 0) is 49.7 Å². The van der Waals surface area contributed by atoms with Gasteiger partial charge in [-0.3, -0.25) is 9.59 Å². The SMILES string of the molecule is COCCN1C(=O)C(=O)/C(=C(/O)c2cc(F)ccc2OC)C1c1cccc(OC(C)C)c1. The predicted octanol–water partition coefficient (Wildman–Crippen LogP) is 3.69. The first kappa shape index (κ1) is 23.3. The zero-order chi connectivity index (χ0) is 23.4. The van der Waals surface area contributed by atoms with Crippen LogP contribution in [0.2, 0.25) is 0 Å².